The van der Waals surface area contributed by atoms with Crippen LogP contribution in [0.15, 0.2) is 71.6 Å². The molecule has 3 aromatic rings. The fourth-order valence-corrected chi connectivity index (χ4v) is 4.39. The van der Waals surface area contributed by atoms with Gasteiger partial charge in [0.05, 0.1) is 12.0 Å². The number of rotatable bonds is 6. The summed E-state index contributed by atoms with van der Waals surface area (Å²) in [5, 5.41) is 0. The second kappa shape index (κ2) is 7.72. The summed E-state index contributed by atoms with van der Waals surface area (Å²) in [6.45, 7) is 3.50. The van der Waals surface area contributed by atoms with Crippen LogP contribution in [0.25, 0.3) is 0 Å². The first-order valence-corrected chi connectivity index (χ1v) is 9.88. The Kier molecular flexibility index (Phi) is 5.37. The van der Waals surface area contributed by atoms with Gasteiger partial charge in [0.15, 0.2) is 0 Å². The normalized spacial score (nSPS) is 11.1. The minimum atomic E-state index is -3.72. The van der Waals surface area contributed by atoms with E-state index >= 15 is 0 Å². The summed E-state index contributed by atoms with van der Waals surface area (Å²) < 4.78 is 39.2. The average Bonchev–Trinajstić information content (AvgIpc) is 2.63. The largest absolute Gasteiger partial charge is 0.497 e. The van der Waals surface area contributed by atoms with Gasteiger partial charge in [0.25, 0.3) is 10.0 Å². The van der Waals surface area contributed by atoms with Crippen LogP contribution >= 0.6 is 0 Å². The van der Waals surface area contributed by atoms with Crippen molar-refractivity contribution in [1.29, 1.82) is 0 Å². The smallest absolute Gasteiger partial charge is 0.262 e. The topological polar surface area (TPSA) is 64.6 Å². The molecule has 5 nitrogen and oxygen atoms in total. The number of sulfonamides is 1. The first-order valence-electron chi connectivity index (χ1n) is 8.40. The number of aryl methyl sites for hydroxylation is 2. The molecule has 140 valence electrons. The zero-order valence-electron chi connectivity index (χ0n) is 15.4. The molecule has 0 spiro atoms. The summed E-state index contributed by atoms with van der Waals surface area (Å²) in [5.74, 6) is 1.97. The first kappa shape index (κ1) is 18.8. The van der Waals surface area contributed by atoms with Crippen LogP contribution in [0.1, 0.15) is 11.1 Å². The SMILES string of the molecule is COc1cc(C)c(S(=O)(=O)Nc2ccc(Oc3ccccc3)cc2)c(C)c1. The molecule has 0 aliphatic rings. The molecule has 0 radical (unpaired) electrons. The Bertz CT molecular complexity index is 1010. The molecule has 6 heteroatoms. The second-order valence-corrected chi connectivity index (χ2v) is 7.75. The summed E-state index contributed by atoms with van der Waals surface area (Å²) in [5.41, 5.74) is 1.72. The van der Waals surface area contributed by atoms with E-state index in [4.69, 9.17) is 9.47 Å². The van der Waals surface area contributed by atoms with Crippen LogP contribution in [-0.2, 0) is 10.0 Å². The predicted octanol–water partition coefficient (Wildman–Crippen LogP) is 4.91. The molecule has 0 atom stereocenters. The summed E-state index contributed by atoms with van der Waals surface area (Å²) >= 11 is 0. The van der Waals surface area contributed by atoms with Gasteiger partial charge in [-0.3, -0.25) is 4.72 Å². The number of para-hydroxylation sites is 1. The second-order valence-electron chi connectivity index (χ2n) is 6.14. The molecular weight excluding hydrogens is 362 g/mol. The molecule has 0 fully saturated rings. The van der Waals surface area contributed by atoms with Crippen molar-refractivity contribution in [3.63, 3.8) is 0 Å². The van der Waals surface area contributed by atoms with Crippen molar-refractivity contribution in [1.82, 2.24) is 0 Å². The number of benzene rings is 3. The lowest BCUT2D eigenvalue weighted by Crippen LogP contribution is -2.15. The molecule has 0 saturated heterocycles. The van der Waals surface area contributed by atoms with Crippen molar-refractivity contribution >= 4 is 15.7 Å². The van der Waals surface area contributed by atoms with Gasteiger partial charge in [-0.15, -0.1) is 0 Å². The Balaban J connectivity index is 1.80. The fraction of sp³-hybridized carbons (Fsp3) is 0.143. The number of hydrogen-bond acceptors (Lipinski definition) is 4. The highest BCUT2D eigenvalue weighted by molar-refractivity contribution is 7.92. The number of hydrogen-bond donors (Lipinski definition) is 1. The Morgan fingerprint density at radius 3 is 1.89 bits per heavy atom. The standard InChI is InChI=1S/C21H21NO4S/c1-15-13-20(25-3)14-16(2)21(15)27(23,24)22-17-9-11-19(12-10-17)26-18-7-5-4-6-8-18/h4-14,22H,1-3H3. The quantitative estimate of drug-likeness (QED) is 0.657. The van der Waals surface area contributed by atoms with Crippen LogP contribution in [0.3, 0.4) is 0 Å². The van der Waals surface area contributed by atoms with Gasteiger partial charge in [0, 0.05) is 5.69 Å². The van der Waals surface area contributed by atoms with Gasteiger partial charge in [-0.05, 0) is 73.5 Å². The molecule has 0 aliphatic heterocycles. The lowest BCUT2D eigenvalue weighted by Gasteiger charge is -2.14. The van der Waals surface area contributed by atoms with E-state index in [1.807, 2.05) is 30.3 Å². The average molecular weight is 383 g/mol. The Morgan fingerprint density at radius 1 is 0.778 bits per heavy atom. The van der Waals surface area contributed by atoms with E-state index in [2.05, 4.69) is 4.72 Å². The molecule has 0 heterocycles. The summed E-state index contributed by atoms with van der Waals surface area (Å²) in [7, 11) is -2.16. The lowest BCUT2D eigenvalue weighted by atomic mass is 10.1. The minimum Gasteiger partial charge on any atom is -0.497 e. The van der Waals surface area contributed by atoms with Crippen LogP contribution in [0.5, 0.6) is 17.2 Å². The number of anilines is 1. The molecule has 3 rings (SSSR count). The molecule has 27 heavy (non-hydrogen) atoms. The molecule has 0 saturated carbocycles. The zero-order valence-corrected chi connectivity index (χ0v) is 16.2. The highest BCUT2D eigenvalue weighted by Gasteiger charge is 2.20. The summed E-state index contributed by atoms with van der Waals surface area (Å²) in [6, 6.07) is 19.6. The van der Waals surface area contributed by atoms with E-state index in [9.17, 15) is 8.42 Å². The summed E-state index contributed by atoms with van der Waals surface area (Å²) in [6.07, 6.45) is 0. The Morgan fingerprint density at radius 2 is 1.33 bits per heavy atom. The molecule has 0 unspecified atom stereocenters. The van der Waals surface area contributed by atoms with Crippen molar-refractivity contribution in [2.75, 3.05) is 11.8 Å². The van der Waals surface area contributed by atoms with Gasteiger partial charge in [-0.1, -0.05) is 18.2 Å². The highest BCUT2D eigenvalue weighted by atomic mass is 32.2. The van der Waals surface area contributed by atoms with Gasteiger partial charge in [0.2, 0.25) is 0 Å². The van der Waals surface area contributed by atoms with Crippen LogP contribution in [-0.4, -0.2) is 15.5 Å². The number of nitrogens with one attached hydrogen (secondary N) is 1. The van der Waals surface area contributed by atoms with Crippen molar-refractivity contribution in [3.8, 4) is 17.2 Å². The van der Waals surface area contributed by atoms with Crippen LogP contribution in [0.4, 0.5) is 5.69 Å². The third-order valence-corrected chi connectivity index (χ3v) is 5.71. The van der Waals surface area contributed by atoms with Crippen molar-refractivity contribution in [3.05, 3.63) is 77.9 Å². The Hall–Kier alpha value is -2.99. The maximum atomic E-state index is 12.8. The van der Waals surface area contributed by atoms with E-state index in [1.165, 1.54) is 0 Å². The van der Waals surface area contributed by atoms with Gasteiger partial charge >= 0.3 is 0 Å². The van der Waals surface area contributed by atoms with Crippen molar-refractivity contribution in [2.45, 2.75) is 18.7 Å². The van der Waals surface area contributed by atoms with Crippen LogP contribution in [0.2, 0.25) is 0 Å². The first-order chi connectivity index (χ1) is 12.9. The van der Waals surface area contributed by atoms with Crippen LogP contribution in [0, 0.1) is 13.8 Å². The molecule has 0 aromatic heterocycles. The highest BCUT2D eigenvalue weighted by Crippen LogP contribution is 2.28. The summed E-state index contributed by atoms with van der Waals surface area (Å²) in [4.78, 5) is 0.257. The fourth-order valence-electron chi connectivity index (χ4n) is 2.87. The maximum absolute atomic E-state index is 12.8. The minimum absolute atomic E-state index is 0.257. The van der Waals surface area contributed by atoms with Gasteiger partial charge in [0.1, 0.15) is 17.2 Å². The van der Waals surface area contributed by atoms with E-state index in [1.54, 1.807) is 57.4 Å². The van der Waals surface area contributed by atoms with Gasteiger partial charge in [-0.25, -0.2) is 8.42 Å². The molecular formula is C21H21NO4S. The zero-order chi connectivity index (χ0) is 19.4. The Labute approximate surface area is 159 Å². The monoisotopic (exact) mass is 383 g/mol. The molecule has 1 N–H and O–H groups in total. The van der Waals surface area contributed by atoms with Crippen molar-refractivity contribution < 1.29 is 17.9 Å². The van der Waals surface area contributed by atoms with Gasteiger partial charge < -0.3 is 9.47 Å². The van der Waals surface area contributed by atoms with Gasteiger partial charge in [-0.2, -0.15) is 0 Å². The molecule has 0 aliphatic carbocycles. The van der Waals surface area contributed by atoms with Crippen molar-refractivity contribution in [2.24, 2.45) is 0 Å². The molecule has 0 bridgehead atoms. The lowest BCUT2D eigenvalue weighted by molar-refractivity contribution is 0.413. The van der Waals surface area contributed by atoms with E-state index in [0.717, 1.165) is 5.75 Å². The van der Waals surface area contributed by atoms with E-state index in [-0.39, 0.29) is 4.90 Å². The third-order valence-electron chi connectivity index (χ3n) is 4.02. The van der Waals surface area contributed by atoms with Crippen LogP contribution < -0.4 is 14.2 Å². The molecule has 3 aromatic carbocycles. The maximum Gasteiger partial charge on any atom is 0.262 e. The van der Waals surface area contributed by atoms with E-state index < -0.39 is 10.0 Å². The number of methoxy groups -OCH3 is 1. The predicted molar refractivity (Wildman–Crippen MR) is 106 cm³/mol. The molecule has 0 amide bonds. The number of ether oxygens (including phenoxy) is 2. The third kappa shape index (κ3) is 4.41. The van der Waals surface area contributed by atoms with E-state index in [0.29, 0.717) is 28.3 Å².